The van der Waals surface area contributed by atoms with Crippen molar-refractivity contribution < 1.29 is 23.1 Å². The molecule has 0 radical (unpaired) electrons. The molecule has 30 heavy (non-hydrogen) atoms. The van der Waals surface area contributed by atoms with E-state index in [1.807, 2.05) is 0 Å². The number of aromatic carboxylic acids is 1. The highest BCUT2D eigenvalue weighted by atomic mass is 35.5. The van der Waals surface area contributed by atoms with Crippen LogP contribution in [0.4, 0.5) is 0 Å². The lowest BCUT2D eigenvalue weighted by Crippen LogP contribution is -2.41. The maximum Gasteiger partial charge on any atom is 0.335 e. The van der Waals surface area contributed by atoms with Crippen LogP contribution in [0.3, 0.4) is 0 Å². The minimum Gasteiger partial charge on any atom is -0.478 e. The van der Waals surface area contributed by atoms with Gasteiger partial charge in [0.25, 0.3) is 5.19 Å². The molecule has 1 N–H and O–H groups in total. The molecule has 0 saturated carbocycles. The molecule has 1 fully saturated rings. The summed E-state index contributed by atoms with van der Waals surface area (Å²) in [6, 6.07) is 9.30. The summed E-state index contributed by atoms with van der Waals surface area (Å²) in [6.07, 6.45) is 0.771. The zero-order valence-corrected chi connectivity index (χ0v) is 18.6. The number of hydrogen-bond acceptors (Lipinski definition) is 6. The van der Waals surface area contributed by atoms with Crippen LogP contribution >= 0.6 is 34.5 Å². The second-order valence-electron chi connectivity index (χ2n) is 6.74. The molecule has 2 aromatic carbocycles. The Morgan fingerprint density at radius 1 is 1.17 bits per heavy atom. The van der Waals surface area contributed by atoms with Crippen LogP contribution in [-0.2, 0) is 10.0 Å². The Hall–Kier alpha value is -1.91. The fourth-order valence-electron chi connectivity index (χ4n) is 3.28. The number of halogens is 2. The van der Waals surface area contributed by atoms with Crippen LogP contribution in [0, 0.1) is 0 Å². The van der Waals surface area contributed by atoms with E-state index < -0.39 is 16.0 Å². The topological polar surface area (TPSA) is 96.8 Å². The van der Waals surface area contributed by atoms with Gasteiger partial charge in [0, 0.05) is 13.1 Å². The van der Waals surface area contributed by atoms with E-state index in [1.165, 1.54) is 33.8 Å². The zero-order valence-electron chi connectivity index (χ0n) is 15.4. The van der Waals surface area contributed by atoms with Gasteiger partial charge in [0.1, 0.15) is 11.0 Å². The third-order valence-electron chi connectivity index (χ3n) is 4.80. The molecule has 3 aromatic rings. The molecule has 0 aliphatic carbocycles. The van der Waals surface area contributed by atoms with Crippen LogP contribution in [-0.4, -0.2) is 48.0 Å². The summed E-state index contributed by atoms with van der Waals surface area (Å²) >= 11 is 13.4. The molecule has 0 atom stereocenters. The van der Waals surface area contributed by atoms with E-state index >= 15 is 0 Å². The molecule has 2 heterocycles. The fourth-order valence-corrected chi connectivity index (χ4v) is 6.76. The number of ether oxygens (including phenoxy) is 1. The molecule has 0 unspecified atom stereocenters. The third-order valence-corrected chi connectivity index (χ3v) is 8.56. The number of carboxylic acids is 1. The fraction of sp³-hybridized carbons (Fsp3) is 0.263. The maximum absolute atomic E-state index is 13.0. The van der Waals surface area contributed by atoms with Gasteiger partial charge >= 0.3 is 5.97 Å². The van der Waals surface area contributed by atoms with Crippen molar-refractivity contribution in [1.82, 2.24) is 9.29 Å². The number of hydrogen-bond donors (Lipinski definition) is 1. The summed E-state index contributed by atoms with van der Waals surface area (Å²) in [5, 5.41) is 9.72. The van der Waals surface area contributed by atoms with Gasteiger partial charge < -0.3 is 9.84 Å². The van der Waals surface area contributed by atoms with Crippen LogP contribution in [0.15, 0.2) is 41.3 Å². The van der Waals surface area contributed by atoms with Crippen molar-refractivity contribution in [1.29, 1.82) is 0 Å². The van der Waals surface area contributed by atoms with Gasteiger partial charge in [-0.25, -0.2) is 18.2 Å². The molecular formula is C19H16Cl2N2O5S2. The quantitative estimate of drug-likeness (QED) is 0.568. The molecule has 1 saturated heterocycles. The number of aromatic nitrogens is 1. The number of carboxylic acid groups (broad SMARTS) is 1. The van der Waals surface area contributed by atoms with E-state index in [1.54, 1.807) is 18.2 Å². The highest BCUT2D eigenvalue weighted by Crippen LogP contribution is 2.34. The van der Waals surface area contributed by atoms with Gasteiger partial charge in [0.05, 0.1) is 25.8 Å². The van der Waals surface area contributed by atoms with Crippen LogP contribution < -0.4 is 4.74 Å². The highest BCUT2D eigenvalue weighted by Gasteiger charge is 2.33. The molecule has 4 rings (SSSR count). The lowest BCUT2D eigenvalue weighted by molar-refractivity contribution is 0.0697. The first-order valence-corrected chi connectivity index (χ1v) is 12.0. The summed E-state index contributed by atoms with van der Waals surface area (Å²) in [4.78, 5) is 15.4. The third kappa shape index (κ3) is 4.13. The summed E-state index contributed by atoms with van der Waals surface area (Å²) in [5.74, 6) is -1.00. The standard InChI is InChI=1S/C19H16Cl2N2O5S2/c20-13-2-1-3-14(21)17(13)30(26,27)23-8-6-12(7-9-23)28-19-22-15-5-4-11(18(24)25)10-16(15)29-19/h1-5,10,12H,6-9H2,(H,24,25). The van der Waals surface area contributed by atoms with Gasteiger partial charge in [-0.2, -0.15) is 4.31 Å². The summed E-state index contributed by atoms with van der Waals surface area (Å²) in [5.41, 5.74) is 0.850. The Bertz CT molecular complexity index is 1200. The molecular weight excluding hydrogens is 471 g/mol. The average molecular weight is 487 g/mol. The summed E-state index contributed by atoms with van der Waals surface area (Å²) < 4.78 is 33.9. The number of fused-ring (bicyclic) bond motifs is 1. The molecule has 0 spiro atoms. The van der Waals surface area contributed by atoms with Gasteiger partial charge in [-0.15, -0.1) is 0 Å². The van der Waals surface area contributed by atoms with Crippen molar-refractivity contribution in [3.8, 4) is 5.19 Å². The zero-order chi connectivity index (χ0) is 21.5. The van der Waals surface area contributed by atoms with Crippen molar-refractivity contribution in [3.05, 3.63) is 52.0 Å². The van der Waals surface area contributed by atoms with E-state index in [2.05, 4.69) is 4.98 Å². The normalized spacial score (nSPS) is 16.1. The number of thiazole rings is 1. The molecule has 1 aliphatic heterocycles. The van der Waals surface area contributed by atoms with Crippen LogP contribution in [0.1, 0.15) is 23.2 Å². The second-order valence-corrected chi connectivity index (χ2v) is 10.4. The molecule has 0 amide bonds. The predicted octanol–water partition coefficient (Wildman–Crippen LogP) is 4.53. The SMILES string of the molecule is O=C(O)c1ccc2nc(OC3CCN(S(=O)(=O)c4c(Cl)cccc4Cl)CC3)sc2c1. The minimum atomic E-state index is -3.81. The van der Waals surface area contributed by atoms with Crippen LogP contribution in [0.2, 0.25) is 10.0 Å². The van der Waals surface area contributed by atoms with E-state index in [0.29, 0.717) is 23.6 Å². The lowest BCUT2D eigenvalue weighted by atomic mass is 10.1. The van der Waals surface area contributed by atoms with Crippen molar-refractivity contribution in [2.75, 3.05) is 13.1 Å². The van der Waals surface area contributed by atoms with Gasteiger partial charge in [-0.3, -0.25) is 0 Å². The molecule has 1 aromatic heterocycles. The predicted molar refractivity (Wildman–Crippen MR) is 115 cm³/mol. The smallest absolute Gasteiger partial charge is 0.335 e. The number of nitrogens with zero attached hydrogens (tertiary/aromatic N) is 2. The van der Waals surface area contributed by atoms with E-state index in [9.17, 15) is 13.2 Å². The number of piperidine rings is 1. The molecule has 158 valence electrons. The first kappa shape index (κ1) is 21.3. The van der Waals surface area contributed by atoms with Crippen molar-refractivity contribution in [2.45, 2.75) is 23.8 Å². The second kappa shape index (κ2) is 8.32. The Kier molecular flexibility index (Phi) is 5.91. The monoisotopic (exact) mass is 486 g/mol. The van der Waals surface area contributed by atoms with Crippen molar-refractivity contribution >= 4 is 60.7 Å². The van der Waals surface area contributed by atoms with Crippen LogP contribution in [0.5, 0.6) is 5.19 Å². The first-order chi connectivity index (χ1) is 14.3. The summed E-state index contributed by atoms with van der Waals surface area (Å²) in [6.45, 7) is 0.533. The van der Waals surface area contributed by atoms with Gasteiger partial charge in [0.2, 0.25) is 10.0 Å². The van der Waals surface area contributed by atoms with Crippen molar-refractivity contribution in [2.24, 2.45) is 0 Å². The molecule has 7 nitrogen and oxygen atoms in total. The van der Waals surface area contributed by atoms with E-state index in [-0.39, 0.29) is 39.7 Å². The average Bonchev–Trinajstić information content (AvgIpc) is 3.09. The largest absolute Gasteiger partial charge is 0.478 e. The van der Waals surface area contributed by atoms with Gasteiger partial charge in [-0.05, 0) is 43.2 Å². The van der Waals surface area contributed by atoms with E-state index in [0.717, 1.165) is 4.70 Å². The summed E-state index contributed by atoms with van der Waals surface area (Å²) in [7, 11) is -3.81. The lowest BCUT2D eigenvalue weighted by Gasteiger charge is -2.31. The molecule has 1 aliphatic rings. The Balaban J connectivity index is 1.45. The number of benzene rings is 2. The van der Waals surface area contributed by atoms with Crippen molar-refractivity contribution in [3.63, 3.8) is 0 Å². The maximum atomic E-state index is 13.0. The number of sulfonamides is 1. The van der Waals surface area contributed by atoms with Gasteiger partial charge in [0.15, 0.2) is 0 Å². The van der Waals surface area contributed by atoms with Gasteiger partial charge in [-0.1, -0.05) is 40.6 Å². The van der Waals surface area contributed by atoms with Crippen LogP contribution in [0.25, 0.3) is 10.2 Å². The molecule has 0 bridgehead atoms. The highest BCUT2D eigenvalue weighted by molar-refractivity contribution is 7.89. The van der Waals surface area contributed by atoms with E-state index in [4.69, 9.17) is 33.0 Å². The Morgan fingerprint density at radius 2 is 1.83 bits per heavy atom. The minimum absolute atomic E-state index is 0.0758. The first-order valence-electron chi connectivity index (χ1n) is 9.00. The number of carbonyl (C=O) groups is 1. The number of rotatable bonds is 5. The Morgan fingerprint density at radius 3 is 2.47 bits per heavy atom. The Labute approximate surface area is 186 Å². The molecule has 11 heteroatoms.